The van der Waals surface area contributed by atoms with Crippen molar-refractivity contribution in [1.29, 1.82) is 0 Å². The topological polar surface area (TPSA) is 101 Å². The molecular weight excluding hydrogens is 452 g/mol. The second kappa shape index (κ2) is 11.1. The number of thioether (sulfide) groups is 1. The van der Waals surface area contributed by atoms with Gasteiger partial charge < -0.3 is 14.9 Å². The van der Waals surface area contributed by atoms with E-state index in [1.54, 1.807) is 30.8 Å². The van der Waals surface area contributed by atoms with Crippen molar-refractivity contribution in [3.05, 3.63) is 52.6 Å². The number of carbonyl (C=O) groups excluding carboxylic acids is 2. The van der Waals surface area contributed by atoms with Gasteiger partial charge in [0.15, 0.2) is 11.6 Å². The van der Waals surface area contributed by atoms with E-state index >= 15 is 0 Å². The molecule has 3 rings (SSSR count). The predicted octanol–water partition coefficient (Wildman–Crippen LogP) is 5.72. The highest BCUT2D eigenvalue weighted by Crippen LogP contribution is 2.39. The van der Waals surface area contributed by atoms with Gasteiger partial charge in [0.2, 0.25) is 0 Å². The monoisotopic (exact) mass is 484 g/mol. The van der Waals surface area contributed by atoms with E-state index < -0.39 is 11.4 Å². The van der Waals surface area contributed by atoms with Gasteiger partial charge in [-0.1, -0.05) is 26.3 Å². The third-order valence-electron chi connectivity index (χ3n) is 6.29. The van der Waals surface area contributed by atoms with Crippen LogP contribution in [-0.2, 0) is 17.6 Å². The molecule has 0 aromatic heterocycles. The molecule has 0 spiro atoms. The average molecular weight is 485 g/mol. The molecule has 0 aliphatic heterocycles. The van der Waals surface area contributed by atoms with Gasteiger partial charge in [0, 0.05) is 27.2 Å². The van der Waals surface area contributed by atoms with Gasteiger partial charge in [-0.2, -0.15) is 0 Å². The Bertz CT molecular complexity index is 1090. The van der Waals surface area contributed by atoms with E-state index in [0.29, 0.717) is 48.3 Å². The summed E-state index contributed by atoms with van der Waals surface area (Å²) < 4.78 is 5.93. The fourth-order valence-corrected chi connectivity index (χ4v) is 5.29. The zero-order valence-corrected chi connectivity index (χ0v) is 20.8. The summed E-state index contributed by atoms with van der Waals surface area (Å²) in [4.78, 5) is 36.8. The summed E-state index contributed by atoms with van der Waals surface area (Å²) in [7, 11) is 0. The molecule has 1 aliphatic carbocycles. The van der Waals surface area contributed by atoms with Crippen LogP contribution in [0.1, 0.15) is 78.3 Å². The first-order valence-electron chi connectivity index (χ1n) is 11.7. The van der Waals surface area contributed by atoms with Gasteiger partial charge in [0.05, 0.1) is 18.6 Å². The van der Waals surface area contributed by atoms with Crippen LogP contribution in [0.2, 0.25) is 0 Å². The molecule has 34 heavy (non-hydrogen) atoms. The lowest BCUT2D eigenvalue weighted by atomic mass is 9.70. The van der Waals surface area contributed by atoms with Crippen LogP contribution < -0.4 is 4.74 Å². The second-order valence-corrected chi connectivity index (χ2v) is 10.2. The van der Waals surface area contributed by atoms with Crippen molar-refractivity contribution in [2.24, 2.45) is 5.41 Å². The minimum atomic E-state index is -0.944. The van der Waals surface area contributed by atoms with Gasteiger partial charge in [-0.3, -0.25) is 14.4 Å². The van der Waals surface area contributed by atoms with Crippen molar-refractivity contribution < 1.29 is 29.3 Å². The maximum absolute atomic E-state index is 12.9. The first kappa shape index (κ1) is 25.8. The number of carboxylic acids is 1. The number of hydrogen-bond acceptors (Lipinski definition) is 6. The number of phenolic OH excluding ortho intramolecular Hbond substituents is 1. The Balaban J connectivity index is 1.56. The number of ether oxygens (including phenoxy) is 1. The number of aliphatic carboxylic acids is 1. The summed E-state index contributed by atoms with van der Waals surface area (Å²) in [5, 5.41) is 19.6. The number of Topliss-reactive ketones (excluding diaryl/α,β-unsaturated/α-hetero) is 2. The minimum Gasteiger partial charge on any atom is -0.507 e. The standard InChI is InChI=1S/C27H32O6S/c1-4-6-22-23(10-9-20(17(2)28)25(22)31)33-13-5-14-34-19-7-8-21-18(15-19)11-12-27(3,26(21)32)16-24(29)30/h7-10,15,31H,4-6,11-14,16H2,1-3H3,(H,29,30). The molecule has 0 amide bonds. The van der Waals surface area contributed by atoms with Gasteiger partial charge in [-0.25, -0.2) is 0 Å². The summed E-state index contributed by atoms with van der Waals surface area (Å²) in [5.74, 6) is 0.263. The van der Waals surface area contributed by atoms with E-state index in [-0.39, 0.29) is 23.7 Å². The number of phenols is 1. The Kier molecular flexibility index (Phi) is 8.42. The van der Waals surface area contributed by atoms with E-state index in [9.17, 15) is 19.5 Å². The van der Waals surface area contributed by atoms with E-state index in [1.807, 2.05) is 25.1 Å². The maximum Gasteiger partial charge on any atom is 0.304 e. The van der Waals surface area contributed by atoms with Crippen LogP contribution in [0.5, 0.6) is 11.5 Å². The van der Waals surface area contributed by atoms with Gasteiger partial charge in [-0.05, 0) is 62.4 Å². The molecule has 1 atom stereocenters. The fourth-order valence-electron chi connectivity index (χ4n) is 4.40. The molecule has 0 saturated heterocycles. The highest BCUT2D eigenvalue weighted by Gasteiger charge is 2.40. The van der Waals surface area contributed by atoms with Gasteiger partial charge in [-0.15, -0.1) is 11.8 Å². The quantitative estimate of drug-likeness (QED) is 0.239. The lowest BCUT2D eigenvalue weighted by molar-refractivity contribution is -0.139. The summed E-state index contributed by atoms with van der Waals surface area (Å²) in [6, 6.07) is 9.15. The van der Waals surface area contributed by atoms with Gasteiger partial charge in [0.25, 0.3) is 0 Å². The molecule has 0 bridgehead atoms. The third kappa shape index (κ3) is 5.81. The number of carbonyl (C=O) groups is 3. The number of aryl methyl sites for hydroxylation is 1. The number of hydrogen-bond donors (Lipinski definition) is 2. The lowest BCUT2D eigenvalue weighted by Crippen LogP contribution is -2.35. The smallest absolute Gasteiger partial charge is 0.304 e. The van der Waals surface area contributed by atoms with E-state index in [1.165, 1.54) is 6.92 Å². The Morgan fingerprint density at radius 1 is 1.21 bits per heavy atom. The molecule has 182 valence electrons. The van der Waals surface area contributed by atoms with Crippen LogP contribution >= 0.6 is 11.8 Å². The zero-order valence-electron chi connectivity index (χ0n) is 20.0. The molecular formula is C27H32O6S. The number of carboxylic acid groups (broad SMARTS) is 1. The minimum absolute atomic E-state index is 0.0179. The van der Waals surface area contributed by atoms with Gasteiger partial charge >= 0.3 is 5.97 Å². The maximum atomic E-state index is 12.9. The lowest BCUT2D eigenvalue weighted by Gasteiger charge is -2.32. The number of rotatable bonds is 11. The molecule has 0 saturated carbocycles. The molecule has 0 radical (unpaired) electrons. The van der Waals surface area contributed by atoms with Crippen molar-refractivity contribution in [2.75, 3.05) is 12.4 Å². The molecule has 1 unspecified atom stereocenters. The normalized spacial score (nSPS) is 17.3. The highest BCUT2D eigenvalue weighted by molar-refractivity contribution is 7.99. The predicted molar refractivity (Wildman–Crippen MR) is 132 cm³/mol. The van der Waals surface area contributed by atoms with Crippen LogP contribution in [-0.4, -0.2) is 40.1 Å². The Labute approximate surface area is 204 Å². The van der Waals surface area contributed by atoms with E-state index in [4.69, 9.17) is 9.84 Å². The number of fused-ring (bicyclic) bond motifs is 1. The van der Waals surface area contributed by atoms with Crippen LogP contribution in [0, 0.1) is 5.41 Å². The number of aromatic hydroxyl groups is 1. The van der Waals surface area contributed by atoms with Crippen molar-refractivity contribution in [3.63, 3.8) is 0 Å². The van der Waals surface area contributed by atoms with Crippen molar-refractivity contribution in [1.82, 2.24) is 0 Å². The molecule has 2 aromatic carbocycles. The summed E-state index contributed by atoms with van der Waals surface area (Å²) in [6.45, 7) is 5.68. The summed E-state index contributed by atoms with van der Waals surface area (Å²) in [5.41, 5.74) is 1.79. The Morgan fingerprint density at radius 2 is 1.97 bits per heavy atom. The van der Waals surface area contributed by atoms with Crippen LogP contribution in [0.4, 0.5) is 0 Å². The molecule has 0 heterocycles. The summed E-state index contributed by atoms with van der Waals surface area (Å²) in [6.07, 6.45) is 3.35. The van der Waals surface area contributed by atoms with Crippen LogP contribution in [0.3, 0.4) is 0 Å². The van der Waals surface area contributed by atoms with Gasteiger partial charge in [0.1, 0.15) is 11.5 Å². The van der Waals surface area contributed by atoms with Crippen LogP contribution in [0.15, 0.2) is 35.2 Å². The molecule has 6 nitrogen and oxygen atoms in total. The first-order valence-corrected chi connectivity index (χ1v) is 12.7. The van der Waals surface area contributed by atoms with E-state index in [0.717, 1.165) is 29.1 Å². The number of benzene rings is 2. The van der Waals surface area contributed by atoms with Crippen molar-refractivity contribution in [2.45, 2.75) is 64.2 Å². The molecule has 7 heteroatoms. The van der Waals surface area contributed by atoms with Crippen LogP contribution in [0.25, 0.3) is 0 Å². The largest absolute Gasteiger partial charge is 0.507 e. The average Bonchev–Trinajstić information content (AvgIpc) is 2.78. The molecule has 2 N–H and O–H groups in total. The third-order valence-corrected chi connectivity index (χ3v) is 7.37. The highest BCUT2D eigenvalue weighted by atomic mass is 32.2. The first-order chi connectivity index (χ1) is 16.2. The SMILES string of the molecule is CCCc1c(OCCCSc2ccc3c(c2)CCC(C)(CC(=O)O)C3=O)ccc(C(C)=O)c1O. The second-order valence-electron chi connectivity index (χ2n) is 9.07. The van der Waals surface area contributed by atoms with Crippen molar-refractivity contribution in [3.8, 4) is 11.5 Å². The zero-order chi connectivity index (χ0) is 24.9. The van der Waals surface area contributed by atoms with Crippen molar-refractivity contribution >= 4 is 29.3 Å². The Morgan fingerprint density at radius 3 is 2.65 bits per heavy atom. The number of ketones is 2. The Hall–Kier alpha value is -2.80. The fraction of sp³-hybridized carbons (Fsp3) is 0.444. The summed E-state index contributed by atoms with van der Waals surface area (Å²) >= 11 is 1.68. The molecule has 2 aromatic rings. The van der Waals surface area contributed by atoms with E-state index in [2.05, 4.69) is 0 Å². The molecule has 0 fully saturated rings. The molecule has 1 aliphatic rings.